The summed E-state index contributed by atoms with van der Waals surface area (Å²) in [5.41, 5.74) is 1.15. The average Bonchev–Trinajstić information content (AvgIpc) is 3.26. The van der Waals surface area contributed by atoms with Gasteiger partial charge in [0.15, 0.2) is 0 Å². The van der Waals surface area contributed by atoms with Crippen molar-refractivity contribution in [3.63, 3.8) is 0 Å². The fraction of sp³-hybridized carbons (Fsp3) is 0.409. The Balaban J connectivity index is 1.54. The van der Waals surface area contributed by atoms with Crippen LogP contribution in [0, 0.1) is 5.92 Å². The Labute approximate surface area is 175 Å². The molecule has 2 N–H and O–H groups in total. The zero-order valence-corrected chi connectivity index (χ0v) is 17.5. The minimum absolute atomic E-state index is 0.0222. The standard InChI is InChI=1S/C22H27N3O3S/c1-23-21(27)17-7-4-12-25(15-17)22(28)16-6-2-8-18(14-16)24-20(26)11-3-9-19-10-5-13-29-19/h2,5-6,8,10,13-14,17H,3-4,7,9,11-12,15H2,1H3,(H,23,27)(H,24,26). The van der Waals surface area contributed by atoms with Crippen LogP contribution in [0.4, 0.5) is 5.69 Å². The largest absolute Gasteiger partial charge is 0.359 e. The van der Waals surface area contributed by atoms with Crippen molar-refractivity contribution in [3.05, 3.63) is 52.2 Å². The van der Waals surface area contributed by atoms with Crippen molar-refractivity contribution in [2.75, 3.05) is 25.5 Å². The number of piperidine rings is 1. The Morgan fingerprint density at radius 3 is 2.83 bits per heavy atom. The highest BCUT2D eigenvalue weighted by Gasteiger charge is 2.28. The first-order valence-corrected chi connectivity index (χ1v) is 10.9. The summed E-state index contributed by atoms with van der Waals surface area (Å²) in [6.07, 6.45) is 3.73. The van der Waals surface area contributed by atoms with Gasteiger partial charge in [-0.1, -0.05) is 12.1 Å². The third-order valence-electron chi connectivity index (χ3n) is 5.13. The zero-order chi connectivity index (χ0) is 20.6. The molecule has 7 heteroatoms. The maximum atomic E-state index is 12.9. The lowest BCUT2D eigenvalue weighted by atomic mass is 9.96. The van der Waals surface area contributed by atoms with E-state index in [9.17, 15) is 14.4 Å². The third kappa shape index (κ3) is 5.90. The molecule has 6 nitrogen and oxygen atoms in total. The van der Waals surface area contributed by atoms with Crippen molar-refractivity contribution in [1.29, 1.82) is 0 Å². The van der Waals surface area contributed by atoms with E-state index in [1.54, 1.807) is 47.5 Å². The Morgan fingerprint density at radius 1 is 1.21 bits per heavy atom. The molecule has 1 aliphatic heterocycles. The monoisotopic (exact) mass is 413 g/mol. The summed E-state index contributed by atoms with van der Waals surface area (Å²) in [6.45, 7) is 1.07. The average molecular weight is 414 g/mol. The highest BCUT2D eigenvalue weighted by molar-refractivity contribution is 7.09. The Morgan fingerprint density at radius 2 is 2.07 bits per heavy atom. The molecule has 154 valence electrons. The molecule has 3 amide bonds. The molecule has 0 radical (unpaired) electrons. The number of nitrogens with one attached hydrogen (secondary N) is 2. The van der Waals surface area contributed by atoms with Gasteiger partial charge in [-0.25, -0.2) is 0 Å². The lowest BCUT2D eigenvalue weighted by molar-refractivity contribution is -0.125. The van der Waals surface area contributed by atoms with E-state index in [2.05, 4.69) is 16.7 Å². The van der Waals surface area contributed by atoms with Crippen LogP contribution in [0.5, 0.6) is 0 Å². The Bertz CT molecular complexity index is 851. The second-order valence-electron chi connectivity index (χ2n) is 7.27. The summed E-state index contributed by atoms with van der Waals surface area (Å²) in [6, 6.07) is 11.1. The van der Waals surface area contributed by atoms with Crippen molar-refractivity contribution in [3.8, 4) is 0 Å². The smallest absolute Gasteiger partial charge is 0.253 e. The van der Waals surface area contributed by atoms with Crippen LogP contribution in [0.2, 0.25) is 0 Å². The van der Waals surface area contributed by atoms with Gasteiger partial charge in [0.2, 0.25) is 11.8 Å². The Kier molecular flexibility index (Phi) is 7.41. The molecular weight excluding hydrogens is 386 g/mol. The predicted molar refractivity (Wildman–Crippen MR) is 115 cm³/mol. The van der Waals surface area contributed by atoms with Gasteiger partial charge in [0.1, 0.15) is 0 Å². The summed E-state index contributed by atoms with van der Waals surface area (Å²) in [7, 11) is 1.62. The van der Waals surface area contributed by atoms with Gasteiger partial charge >= 0.3 is 0 Å². The van der Waals surface area contributed by atoms with Crippen molar-refractivity contribution < 1.29 is 14.4 Å². The minimum atomic E-state index is -0.163. The summed E-state index contributed by atoms with van der Waals surface area (Å²) in [5.74, 6) is -0.341. The molecule has 0 aliphatic carbocycles. The molecule has 1 saturated heterocycles. The van der Waals surface area contributed by atoms with Crippen molar-refractivity contribution >= 4 is 34.7 Å². The quantitative estimate of drug-likeness (QED) is 0.731. The number of hydrogen-bond acceptors (Lipinski definition) is 4. The van der Waals surface area contributed by atoms with E-state index in [1.165, 1.54) is 4.88 Å². The van der Waals surface area contributed by atoms with Gasteiger partial charge in [-0.15, -0.1) is 11.3 Å². The van der Waals surface area contributed by atoms with Crippen LogP contribution < -0.4 is 10.6 Å². The second-order valence-corrected chi connectivity index (χ2v) is 8.30. The molecule has 1 aromatic carbocycles. The van der Waals surface area contributed by atoms with Crippen LogP contribution in [0.1, 0.15) is 40.9 Å². The number of rotatable bonds is 7. The molecule has 1 aliphatic rings. The Hall–Kier alpha value is -2.67. The molecule has 2 heterocycles. The van der Waals surface area contributed by atoms with E-state index in [-0.39, 0.29) is 23.6 Å². The van der Waals surface area contributed by atoms with Crippen molar-refractivity contribution in [2.45, 2.75) is 32.1 Å². The highest BCUT2D eigenvalue weighted by atomic mass is 32.1. The van der Waals surface area contributed by atoms with Crippen LogP contribution in [0.15, 0.2) is 41.8 Å². The van der Waals surface area contributed by atoms with Crippen molar-refractivity contribution in [1.82, 2.24) is 10.2 Å². The summed E-state index contributed by atoms with van der Waals surface area (Å²) in [4.78, 5) is 40.0. The van der Waals surface area contributed by atoms with Crippen LogP contribution in [0.3, 0.4) is 0 Å². The number of anilines is 1. The van der Waals surface area contributed by atoms with Gasteiger partial charge < -0.3 is 15.5 Å². The summed E-state index contributed by atoms with van der Waals surface area (Å²) >= 11 is 1.70. The number of amides is 3. The van der Waals surface area contributed by atoms with Gasteiger partial charge in [0.05, 0.1) is 5.92 Å². The molecule has 0 saturated carbocycles. The number of hydrogen-bond donors (Lipinski definition) is 2. The number of carbonyl (C=O) groups is 3. The lowest BCUT2D eigenvalue weighted by Crippen LogP contribution is -2.44. The maximum Gasteiger partial charge on any atom is 0.253 e. The van der Waals surface area contributed by atoms with Gasteiger partial charge in [-0.3, -0.25) is 14.4 Å². The SMILES string of the molecule is CNC(=O)C1CCCN(C(=O)c2cccc(NC(=O)CCCc3cccs3)c2)C1. The van der Waals surface area contributed by atoms with E-state index in [1.807, 2.05) is 11.4 Å². The van der Waals surface area contributed by atoms with Crippen LogP contribution in [-0.4, -0.2) is 42.8 Å². The van der Waals surface area contributed by atoms with E-state index < -0.39 is 0 Å². The van der Waals surface area contributed by atoms with Crippen LogP contribution >= 0.6 is 11.3 Å². The minimum Gasteiger partial charge on any atom is -0.359 e. The highest BCUT2D eigenvalue weighted by Crippen LogP contribution is 2.20. The fourth-order valence-corrected chi connectivity index (χ4v) is 4.35. The second kappa shape index (κ2) is 10.2. The van der Waals surface area contributed by atoms with Crippen LogP contribution in [-0.2, 0) is 16.0 Å². The molecule has 1 unspecified atom stereocenters. The van der Waals surface area contributed by atoms with Gasteiger partial charge in [0.25, 0.3) is 5.91 Å². The molecule has 2 aromatic rings. The van der Waals surface area contributed by atoms with E-state index in [0.29, 0.717) is 30.8 Å². The molecule has 29 heavy (non-hydrogen) atoms. The molecule has 1 fully saturated rings. The van der Waals surface area contributed by atoms with Gasteiger partial charge in [-0.05, 0) is 55.3 Å². The van der Waals surface area contributed by atoms with E-state index >= 15 is 0 Å². The lowest BCUT2D eigenvalue weighted by Gasteiger charge is -2.32. The van der Waals surface area contributed by atoms with Gasteiger partial charge in [0, 0.05) is 42.7 Å². The maximum absolute atomic E-state index is 12.9. The zero-order valence-electron chi connectivity index (χ0n) is 16.6. The normalized spacial score (nSPS) is 16.3. The molecular formula is C22H27N3O3S. The van der Waals surface area contributed by atoms with Crippen LogP contribution in [0.25, 0.3) is 0 Å². The molecule has 0 spiro atoms. The van der Waals surface area contributed by atoms with Gasteiger partial charge in [-0.2, -0.15) is 0 Å². The summed E-state index contributed by atoms with van der Waals surface area (Å²) < 4.78 is 0. The molecule has 3 rings (SSSR count). The number of thiophene rings is 1. The number of carbonyl (C=O) groups excluding carboxylic acids is 3. The molecule has 1 atom stereocenters. The van der Waals surface area contributed by atoms with E-state index in [4.69, 9.17) is 0 Å². The first-order chi connectivity index (χ1) is 14.1. The molecule has 0 bridgehead atoms. The summed E-state index contributed by atoms with van der Waals surface area (Å²) in [5, 5.41) is 7.59. The number of nitrogens with zero attached hydrogens (tertiary/aromatic N) is 1. The van der Waals surface area contributed by atoms with E-state index in [0.717, 1.165) is 25.7 Å². The first kappa shape index (κ1) is 21.0. The number of benzene rings is 1. The molecule has 1 aromatic heterocycles. The fourth-order valence-electron chi connectivity index (χ4n) is 3.59. The first-order valence-electron chi connectivity index (χ1n) is 10.00. The number of aryl methyl sites for hydroxylation is 1. The predicted octanol–water partition coefficient (Wildman–Crippen LogP) is 3.31. The topological polar surface area (TPSA) is 78.5 Å². The third-order valence-corrected chi connectivity index (χ3v) is 6.06. The van der Waals surface area contributed by atoms with Crippen molar-refractivity contribution in [2.24, 2.45) is 5.92 Å². The number of likely N-dealkylation sites (tertiary alicyclic amines) is 1.